The van der Waals surface area contributed by atoms with Gasteiger partial charge in [-0.15, -0.1) is 0 Å². The van der Waals surface area contributed by atoms with Gasteiger partial charge in [-0.05, 0) is 172 Å². The van der Waals surface area contributed by atoms with E-state index in [2.05, 4.69) is 215 Å². The topological polar surface area (TPSA) is 84.9 Å². The molecule has 0 bridgehead atoms. The minimum Gasteiger partial charge on any atom is -0.391 e. The molecule has 6 atom stereocenters. The number of piperazine rings is 1. The Bertz CT molecular complexity index is 1520. The van der Waals surface area contributed by atoms with Gasteiger partial charge in [-0.2, -0.15) is 0 Å². The molecule has 1 heterocycles. The van der Waals surface area contributed by atoms with Crippen LogP contribution in [-0.4, -0.2) is 84.2 Å². The molecular weight excluding hydrogens is 909 g/mol. The van der Waals surface area contributed by atoms with E-state index in [0.717, 1.165) is 155 Å². The minimum absolute atomic E-state index is 0.0564. The number of nitrogens with one attached hydrogen (secondary N) is 2. The van der Waals surface area contributed by atoms with Gasteiger partial charge in [-0.3, -0.25) is 9.59 Å². The number of aliphatic hydroxyl groups is 1. The zero-order chi connectivity index (χ0) is 54.0. The number of amides is 2. The number of aliphatic hydroxyl groups excluding tert-OH is 1. The van der Waals surface area contributed by atoms with E-state index in [-0.39, 0.29) is 11.8 Å². The standard InChI is InChI=1S/C67H110N4O3/c1-8-12-16-20-24-28-32-36-40-48-60(5)56-70(57-61(6)49-41-37-33-29-25-21-17-13-9-2)54-46-44-52-64-66(73)69-65(67(74)68-64)53-45-47-55-71(58-62(7)50-42-38-34-30-26-22-18-14-10-3)59-63(72)51-43-39-35-31-27-23-19-15-11-4/h12-19,24-31,36-43,60-65,72H,8-11,20-23,32-35,44-59H2,1-7H3,(H,68,74)(H,69,73)/b16-12-,17-13-,18-14-,19-15-,28-24-,29-25-,30-26-,31-27-,40-36-,41-37-,42-38-,43-39-. The van der Waals surface area contributed by atoms with E-state index in [1.807, 2.05) is 0 Å². The Morgan fingerprint density at radius 3 is 0.932 bits per heavy atom. The highest BCUT2D eigenvalue weighted by atomic mass is 16.3. The molecule has 1 saturated heterocycles. The summed E-state index contributed by atoms with van der Waals surface area (Å²) in [5, 5.41) is 17.3. The molecule has 0 aromatic heterocycles. The Hall–Kier alpha value is -4.30. The summed E-state index contributed by atoms with van der Waals surface area (Å²) >= 11 is 0. The number of hydrogen-bond donors (Lipinski definition) is 3. The number of hydrogen-bond acceptors (Lipinski definition) is 5. The second-order valence-electron chi connectivity index (χ2n) is 20.7. The molecule has 1 fully saturated rings. The van der Waals surface area contributed by atoms with Crippen LogP contribution in [0.25, 0.3) is 0 Å². The van der Waals surface area contributed by atoms with Gasteiger partial charge in [-0.25, -0.2) is 0 Å². The predicted molar refractivity (Wildman–Crippen MR) is 324 cm³/mol. The highest BCUT2D eigenvalue weighted by Gasteiger charge is 2.33. The van der Waals surface area contributed by atoms with E-state index >= 15 is 0 Å². The van der Waals surface area contributed by atoms with Crippen molar-refractivity contribution in [2.24, 2.45) is 17.8 Å². The average Bonchev–Trinajstić information content (AvgIpc) is 3.37. The Morgan fingerprint density at radius 2 is 0.635 bits per heavy atom. The molecule has 0 spiro atoms. The Kier molecular flexibility index (Phi) is 45.4. The summed E-state index contributed by atoms with van der Waals surface area (Å²) in [6, 6.07) is -0.979. The number of allylic oxidation sites excluding steroid dienone is 23. The van der Waals surface area contributed by atoms with Gasteiger partial charge in [0.25, 0.3) is 0 Å². The lowest BCUT2D eigenvalue weighted by Crippen LogP contribution is -2.61. The van der Waals surface area contributed by atoms with Crippen molar-refractivity contribution in [3.05, 3.63) is 146 Å². The average molecular weight is 1020 g/mol. The molecule has 6 unspecified atom stereocenters. The third-order valence-electron chi connectivity index (χ3n) is 13.0. The fourth-order valence-electron chi connectivity index (χ4n) is 8.96. The first kappa shape index (κ1) is 67.7. The van der Waals surface area contributed by atoms with Crippen LogP contribution in [0.15, 0.2) is 146 Å². The SMILES string of the molecule is CC/C=C\C/C=C\C/C=C\CC(C)CN(CCCCC1NC(=O)C(CCCCN(CC(C)C/C=C\C/C=C\C/C=C\CC)CC(O)C/C=C\C/C=C\C/C=C\CC)NC1=O)CC(C)C/C=C\C/C=C\C/C=C\CC. The number of carbonyl (C=O) groups is 2. The van der Waals surface area contributed by atoms with Crippen LogP contribution in [0.3, 0.4) is 0 Å². The second-order valence-corrected chi connectivity index (χ2v) is 20.7. The van der Waals surface area contributed by atoms with Crippen LogP contribution in [0.4, 0.5) is 0 Å². The first-order valence-electron chi connectivity index (χ1n) is 29.7. The maximum Gasteiger partial charge on any atom is 0.243 e. The van der Waals surface area contributed by atoms with Gasteiger partial charge in [0, 0.05) is 26.2 Å². The monoisotopic (exact) mass is 1020 g/mol. The molecule has 0 aromatic rings. The molecule has 0 aromatic carbocycles. The van der Waals surface area contributed by atoms with Crippen molar-refractivity contribution >= 4 is 11.8 Å². The van der Waals surface area contributed by atoms with E-state index in [1.165, 1.54) is 0 Å². The van der Waals surface area contributed by atoms with Crippen molar-refractivity contribution in [2.45, 2.75) is 208 Å². The lowest BCUT2D eigenvalue weighted by molar-refractivity contribution is -0.137. The minimum atomic E-state index is -0.500. The highest BCUT2D eigenvalue weighted by molar-refractivity contribution is 5.96. The Morgan fingerprint density at radius 1 is 0.378 bits per heavy atom. The van der Waals surface area contributed by atoms with Crippen LogP contribution in [0.2, 0.25) is 0 Å². The summed E-state index contributed by atoms with van der Waals surface area (Å²) in [6.45, 7) is 21.1. The third-order valence-corrected chi connectivity index (χ3v) is 13.0. The van der Waals surface area contributed by atoms with Crippen LogP contribution in [-0.2, 0) is 9.59 Å². The first-order chi connectivity index (χ1) is 36.1. The van der Waals surface area contributed by atoms with Crippen molar-refractivity contribution in [3.63, 3.8) is 0 Å². The fraction of sp³-hybridized carbons (Fsp3) is 0.612. The van der Waals surface area contributed by atoms with Gasteiger partial charge >= 0.3 is 0 Å². The summed E-state index contributed by atoms with van der Waals surface area (Å²) in [7, 11) is 0. The molecule has 7 heteroatoms. The first-order valence-corrected chi connectivity index (χ1v) is 29.7. The summed E-state index contributed by atoms with van der Waals surface area (Å²) in [5.74, 6) is 1.41. The molecule has 7 nitrogen and oxygen atoms in total. The number of nitrogens with zero attached hydrogens (tertiary/aromatic N) is 2. The lowest BCUT2D eigenvalue weighted by atomic mass is 10.00. The highest BCUT2D eigenvalue weighted by Crippen LogP contribution is 2.17. The molecule has 0 saturated carbocycles. The van der Waals surface area contributed by atoms with E-state index in [9.17, 15) is 14.7 Å². The van der Waals surface area contributed by atoms with Crippen LogP contribution >= 0.6 is 0 Å². The molecule has 3 N–H and O–H groups in total. The molecule has 2 amide bonds. The molecule has 0 aliphatic carbocycles. The maximum absolute atomic E-state index is 13.4. The molecule has 416 valence electrons. The largest absolute Gasteiger partial charge is 0.391 e. The van der Waals surface area contributed by atoms with Crippen LogP contribution in [0, 0.1) is 17.8 Å². The molecular formula is C67H110N4O3. The Balaban J connectivity index is 2.75. The van der Waals surface area contributed by atoms with Crippen LogP contribution in [0.1, 0.15) is 190 Å². The fourth-order valence-corrected chi connectivity index (χ4v) is 8.96. The summed E-state index contributed by atoms with van der Waals surface area (Å²) < 4.78 is 0. The summed E-state index contributed by atoms with van der Waals surface area (Å²) in [4.78, 5) is 31.8. The molecule has 1 rings (SSSR count). The van der Waals surface area contributed by atoms with Gasteiger partial charge in [-0.1, -0.05) is 194 Å². The summed E-state index contributed by atoms with van der Waals surface area (Å²) in [6.07, 6.45) is 73.8. The van der Waals surface area contributed by atoms with Gasteiger partial charge in [0.15, 0.2) is 0 Å². The van der Waals surface area contributed by atoms with E-state index < -0.39 is 18.2 Å². The van der Waals surface area contributed by atoms with E-state index in [4.69, 9.17) is 0 Å². The number of rotatable bonds is 46. The third kappa shape index (κ3) is 41.0. The van der Waals surface area contributed by atoms with Crippen molar-refractivity contribution in [1.29, 1.82) is 0 Å². The normalized spacial score (nSPS) is 18.1. The predicted octanol–water partition coefficient (Wildman–Crippen LogP) is 16.2. The van der Waals surface area contributed by atoms with Crippen molar-refractivity contribution in [1.82, 2.24) is 20.4 Å². The van der Waals surface area contributed by atoms with Crippen molar-refractivity contribution in [2.75, 3.05) is 39.3 Å². The zero-order valence-electron chi connectivity index (χ0n) is 48.3. The van der Waals surface area contributed by atoms with Gasteiger partial charge in [0.2, 0.25) is 11.8 Å². The van der Waals surface area contributed by atoms with Crippen LogP contribution < -0.4 is 10.6 Å². The quantitative estimate of drug-likeness (QED) is 0.0418. The van der Waals surface area contributed by atoms with Crippen molar-refractivity contribution in [3.8, 4) is 0 Å². The van der Waals surface area contributed by atoms with Crippen molar-refractivity contribution < 1.29 is 14.7 Å². The van der Waals surface area contributed by atoms with E-state index in [1.54, 1.807) is 0 Å². The van der Waals surface area contributed by atoms with Gasteiger partial charge < -0.3 is 25.5 Å². The molecule has 74 heavy (non-hydrogen) atoms. The molecule has 1 aliphatic heterocycles. The van der Waals surface area contributed by atoms with Crippen LogP contribution in [0.5, 0.6) is 0 Å². The number of unbranched alkanes of at least 4 members (excludes halogenated alkanes) is 2. The molecule has 1 aliphatic rings. The molecule has 0 radical (unpaired) electrons. The van der Waals surface area contributed by atoms with Gasteiger partial charge in [0.1, 0.15) is 12.1 Å². The van der Waals surface area contributed by atoms with E-state index in [0.29, 0.717) is 43.6 Å². The summed E-state index contributed by atoms with van der Waals surface area (Å²) in [5.41, 5.74) is 0. The lowest BCUT2D eigenvalue weighted by Gasteiger charge is -2.31. The maximum atomic E-state index is 13.4. The zero-order valence-corrected chi connectivity index (χ0v) is 48.3. The van der Waals surface area contributed by atoms with Gasteiger partial charge in [0.05, 0.1) is 6.10 Å². The Labute approximate surface area is 455 Å². The number of carbonyl (C=O) groups excluding carboxylic acids is 2. The smallest absolute Gasteiger partial charge is 0.243 e. The second kappa shape index (κ2) is 49.6.